The van der Waals surface area contributed by atoms with Crippen molar-refractivity contribution in [1.82, 2.24) is 0 Å². The van der Waals surface area contributed by atoms with Crippen molar-refractivity contribution in [1.29, 1.82) is 0 Å². The zero-order valence-electron chi connectivity index (χ0n) is 19.6. The molecule has 0 spiro atoms. The third kappa shape index (κ3) is 22.6. The molecule has 3 heteroatoms. The molecule has 0 saturated heterocycles. The Hall–Kier alpha value is 0.350. The molecule has 1 unspecified atom stereocenters. The highest BCUT2D eigenvalue weighted by molar-refractivity contribution is 7.57. The first-order valence-electron chi connectivity index (χ1n) is 12.6. The van der Waals surface area contributed by atoms with Crippen molar-refractivity contribution in [3.63, 3.8) is 0 Å². The molecule has 0 aliphatic heterocycles. The number of hydrogen-bond donors (Lipinski definition) is 2. The average molecular weight is 417 g/mol. The molecule has 1 atom stereocenters. The molecule has 0 aromatic rings. The van der Waals surface area contributed by atoms with Crippen LogP contribution < -0.4 is 0 Å². The fourth-order valence-corrected chi connectivity index (χ4v) is 6.88. The number of aliphatic hydroxyl groups excluding tert-OH is 1. The van der Waals surface area contributed by atoms with Crippen molar-refractivity contribution in [2.75, 3.05) is 18.5 Å². The fourth-order valence-electron chi connectivity index (χ4n) is 3.99. The zero-order valence-corrected chi connectivity index (χ0v) is 20.5. The minimum atomic E-state index is -1.11. The Bertz CT molecular complexity index is 294. The van der Waals surface area contributed by atoms with Crippen LogP contribution in [0.25, 0.3) is 0 Å². The largest absolute Gasteiger partial charge is 0.368 e. The Kier molecular flexibility index (Phi) is 22.3. The summed E-state index contributed by atoms with van der Waals surface area (Å²) >= 11 is 0. The van der Waals surface area contributed by atoms with E-state index in [1.165, 1.54) is 115 Å². The molecule has 0 radical (unpaired) electrons. The molecule has 0 fully saturated rings. The molecule has 0 aliphatic rings. The second-order valence-electron chi connectivity index (χ2n) is 9.27. The lowest BCUT2D eigenvalue weighted by atomic mass is 10.0. The van der Waals surface area contributed by atoms with E-state index in [0.717, 1.165) is 12.1 Å². The van der Waals surface area contributed by atoms with Gasteiger partial charge >= 0.3 is 0 Å². The highest BCUT2D eigenvalue weighted by Crippen LogP contribution is 2.39. The third-order valence-corrected chi connectivity index (χ3v) is 8.74. The van der Waals surface area contributed by atoms with Gasteiger partial charge in [0.15, 0.2) is 6.29 Å². The molecular weight excluding hydrogens is 363 g/mol. The Morgan fingerprint density at radius 1 is 0.571 bits per heavy atom. The van der Waals surface area contributed by atoms with Crippen LogP contribution in [-0.4, -0.2) is 35.0 Å². The molecule has 2 N–H and O–H groups in total. The molecular formula is C25H53O2P. The maximum Gasteiger partial charge on any atom is 0.151 e. The molecule has 0 bridgehead atoms. The number of aliphatic hydroxyl groups is 2. The van der Waals surface area contributed by atoms with Gasteiger partial charge in [0.2, 0.25) is 0 Å². The highest BCUT2D eigenvalue weighted by Gasteiger charge is 2.11. The summed E-state index contributed by atoms with van der Waals surface area (Å²) in [5, 5.41) is 18.2. The van der Waals surface area contributed by atoms with Gasteiger partial charge in [-0.05, 0) is 30.8 Å². The standard InChI is InChI=1S/C25H53O2P/c1-4-5-6-7-8-9-10-11-12-13-14-15-16-17-18-19-21-28(23-24(2)3)22-20-25(26)27/h24-27H,4-23H2,1-3H3. The van der Waals surface area contributed by atoms with Gasteiger partial charge in [-0.25, -0.2) is 0 Å². The molecule has 170 valence electrons. The van der Waals surface area contributed by atoms with E-state index in [1.807, 2.05) is 0 Å². The predicted molar refractivity (Wildman–Crippen MR) is 129 cm³/mol. The number of hydrogen-bond acceptors (Lipinski definition) is 2. The summed E-state index contributed by atoms with van der Waals surface area (Å²) in [5.74, 6) is 0.739. The van der Waals surface area contributed by atoms with Crippen LogP contribution in [0.3, 0.4) is 0 Å². The molecule has 28 heavy (non-hydrogen) atoms. The molecule has 0 saturated carbocycles. The summed E-state index contributed by atoms with van der Waals surface area (Å²) in [4.78, 5) is 0. The Balaban J connectivity index is 3.34. The fraction of sp³-hybridized carbons (Fsp3) is 1.00. The predicted octanol–water partition coefficient (Wildman–Crippen LogP) is 8.09. The summed E-state index contributed by atoms with van der Waals surface area (Å²) in [6.07, 6.45) is 25.9. The monoisotopic (exact) mass is 416 g/mol. The van der Waals surface area contributed by atoms with Gasteiger partial charge in [-0.3, -0.25) is 0 Å². The van der Waals surface area contributed by atoms with E-state index in [9.17, 15) is 0 Å². The van der Waals surface area contributed by atoms with Gasteiger partial charge in [-0.15, -0.1) is 7.92 Å². The van der Waals surface area contributed by atoms with E-state index < -0.39 is 6.29 Å². The second-order valence-corrected chi connectivity index (χ2v) is 11.9. The van der Waals surface area contributed by atoms with Gasteiger partial charge < -0.3 is 10.2 Å². The van der Waals surface area contributed by atoms with Crippen molar-refractivity contribution in [3.05, 3.63) is 0 Å². The molecule has 0 amide bonds. The molecule has 2 nitrogen and oxygen atoms in total. The van der Waals surface area contributed by atoms with E-state index >= 15 is 0 Å². The lowest BCUT2D eigenvalue weighted by Crippen LogP contribution is -2.09. The Morgan fingerprint density at radius 3 is 1.32 bits per heavy atom. The van der Waals surface area contributed by atoms with Gasteiger partial charge in [0, 0.05) is 6.42 Å². The lowest BCUT2D eigenvalue weighted by Gasteiger charge is -2.20. The van der Waals surface area contributed by atoms with Gasteiger partial charge in [0.25, 0.3) is 0 Å². The van der Waals surface area contributed by atoms with Crippen LogP contribution in [0.15, 0.2) is 0 Å². The number of rotatable bonds is 22. The van der Waals surface area contributed by atoms with Gasteiger partial charge in [-0.2, -0.15) is 0 Å². The summed E-state index contributed by atoms with van der Waals surface area (Å²) in [6, 6.07) is 0. The van der Waals surface area contributed by atoms with E-state index in [0.29, 0.717) is 6.42 Å². The molecule has 0 aliphatic carbocycles. The SMILES string of the molecule is CCCCCCCCCCCCCCCCCCP(CCC(O)O)CC(C)C. The molecule has 0 rings (SSSR count). The smallest absolute Gasteiger partial charge is 0.151 e. The van der Waals surface area contributed by atoms with Crippen LogP contribution in [0.4, 0.5) is 0 Å². The lowest BCUT2D eigenvalue weighted by molar-refractivity contribution is -0.0406. The summed E-state index contributed by atoms with van der Waals surface area (Å²) in [5.41, 5.74) is 0. The molecule has 0 aromatic heterocycles. The van der Waals surface area contributed by atoms with Crippen molar-refractivity contribution < 1.29 is 10.2 Å². The maximum absolute atomic E-state index is 9.11. The first-order chi connectivity index (χ1) is 13.6. The van der Waals surface area contributed by atoms with Crippen LogP contribution >= 0.6 is 7.92 Å². The third-order valence-electron chi connectivity index (χ3n) is 5.65. The minimum Gasteiger partial charge on any atom is -0.368 e. The van der Waals surface area contributed by atoms with Crippen molar-refractivity contribution >= 4 is 7.92 Å². The van der Waals surface area contributed by atoms with Gasteiger partial charge in [-0.1, -0.05) is 117 Å². The number of unbranched alkanes of at least 4 members (excludes halogenated alkanes) is 15. The summed E-state index contributed by atoms with van der Waals surface area (Å²) in [7, 11) is 0.00472. The second kappa shape index (κ2) is 22.0. The van der Waals surface area contributed by atoms with Crippen LogP contribution in [0, 0.1) is 5.92 Å². The van der Waals surface area contributed by atoms with E-state index in [1.54, 1.807) is 0 Å². The first kappa shape index (κ1) is 28.4. The van der Waals surface area contributed by atoms with Crippen molar-refractivity contribution in [2.45, 2.75) is 136 Å². The zero-order chi connectivity index (χ0) is 20.9. The van der Waals surface area contributed by atoms with Crippen molar-refractivity contribution in [2.24, 2.45) is 5.92 Å². The van der Waals surface area contributed by atoms with E-state index in [2.05, 4.69) is 20.8 Å². The minimum absolute atomic E-state index is 0.00472. The quantitative estimate of drug-likeness (QED) is 0.106. The topological polar surface area (TPSA) is 40.5 Å². The van der Waals surface area contributed by atoms with E-state index in [-0.39, 0.29) is 7.92 Å². The Morgan fingerprint density at radius 2 is 0.964 bits per heavy atom. The highest BCUT2D eigenvalue weighted by atomic mass is 31.1. The van der Waals surface area contributed by atoms with Crippen LogP contribution in [-0.2, 0) is 0 Å². The van der Waals surface area contributed by atoms with Crippen LogP contribution in [0.1, 0.15) is 130 Å². The molecule has 0 aromatic carbocycles. The maximum atomic E-state index is 9.11. The normalized spacial score (nSPS) is 13.0. The van der Waals surface area contributed by atoms with Crippen LogP contribution in [0.5, 0.6) is 0 Å². The van der Waals surface area contributed by atoms with Crippen LogP contribution in [0.2, 0.25) is 0 Å². The van der Waals surface area contributed by atoms with Crippen molar-refractivity contribution in [3.8, 4) is 0 Å². The Labute approximate surface area is 179 Å². The summed E-state index contributed by atoms with van der Waals surface area (Å²) < 4.78 is 0. The van der Waals surface area contributed by atoms with Gasteiger partial charge in [0.05, 0.1) is 0 Å². The van der Waals surface area contributed by atoms with E-state index in [4.69, 9.17) is 10.2 Å². The molecule has 0 heterocycles. The van der Waals surface area contributed by atoms with Gasteiger partial charge in [0.1, 0.15) is 0 Å². The summed E-state index contributed by atoms with van der Waals surface area (Å²) in [6.45, 7) is 6.87. The first-order valence-corrected chi connectivity index (χ1v) is 14.5. The average Bonchev–Trinajstić information content (AvgIpc) is 2.65.